The largest absolute Gasteiger partial charge is 0.493 e. The highest BCUT2D eigenvalue weighted by Crippen LogP contribution is 2.59. The maximum Gasteiger partial charge on any atom is 0.227 e. The second-order valence-corrected chi connectivity index (χ2v) is 17.4. The van der Waals surface area contributed by atoms with Gasteiger partial charge in [0.1, 0.15) is 0 Å². The minimum absolute atomic E-state index is 0.000861. The molecule has 4 unspecified atom stereocenters. The van der Waals surface area contributed by atoms with Gasteiger partial charge in [0.15, 0.2) is 17.3 Å². The Balaban J connectivity index is 1.29. The Bertz CT molecular complexity index is 2090. The predicted molar refractivity (Wildman–Crippen MR) is 227 cm³/mol. The Labute approximate surface area is 339 Å². The number of ether oxygens (including phenoxy) is 2. The first-order valence-electron chi connectivity index (χ1n) is 21.2. The molecule has 2 bridgehead atoms. The summed E-state index contributed by atoms with van der Waals surface area (Å²) in [6.07, 6.45) is 11.7. The number of nitrogens with zero attached hydrogens (tertiary/aromatic N) is 1. The van der Waals surface area contributed by atoms with Gasteiger partial charge in [-0.3, -0.25) is 9.59 Å². The van der Waals surface area contributed by atoms with Crippen molar-refractivity contribution in [3.05, 3.63) is 118 Å². The van der Waals surface area contributed by atoms with Crippen LogP contribution in [0.5, 0.6) is 11.5 Å². The highest BCUT2D eigenvalue weighted by molar-refractivity contribution is 5.99. The van der Waals surface area contributed by atoms with Gasteiger partial charge in [0.25, 0.3) is 0 Å². The average Bonchev–Trinajstić information content (AvgIpc) is 3.48. The van der Waals surface area contributed by atoms with E-state index in [0.29, 0.717) is 50.1 Å². The van der Waals surface area contributed by atoms with E-state index < -0.39 is 17.1 Å². The molecular formula is C50H61NO6. The van der Waals surface area contributed by atoms with Gasteiger partial charge >= 0.3 is 0 Å². The molecule has 0 aliphatic heterocycles. The van der Waals surface area contributed by atoms with Crippen LogP contribution in [0.25, 0.3) is 10.8 Å². The monoisotopic (exact) mass is 771 g/mol. The number of Topliss-reactive ketones (excluding diaryl/α,β-unsaturated/α-hetero) is 1. The lowest BCUT2D eigenvalue weighted by atomic mass is 9.64. The molecule has 0 aromatic heterocycles. The number of rotatable bonds is 10. The van der Waals surface area contributed by atoms with Crippen LogP contribution in [0.1, 0.15) is 123 Å². The molecule has 8 rings (SSSR count). The van der Waals surface area contributed by atoms with Gasteiger partial charge in [0, 0.05) is 23.4 Å². The van der Waals surface area contributed by atoms with Crippen LogP contribution < -0.4 is 9.47 Å². The van der Waals surface area contributed by atoms with Crippen molar-refractivity contribution in [2.45, 2.75) is 121 Å². The fourth-order valence-electron chi connectivity index (χ4n) is 10.3. The SMILES string of the molecule is COc1ccc(CC(=O)N(Cc2cccc3ccccc23)CC2(O)CCC3c4ccc(cc4C(=O)C4CCCCC4)CC(O)CCC(C)=CCCC32C)cc1OC. The van der Waals surface area contributed by atoms with Crippen LogP contribution in [0, 0.1) is 11.3 Å². The van der Waals surface area contributed by atoms with Crippen molar-refractivity contribution in [1.29, 1.82) is 0 Å². The number of carbonyl (C=O) groups is 2. The molecule has 2 N–H and O–H groups in total. The Kier molecular flexibility index (Phi) is 12.6. The van der Waals surface area contributed by atoms with Crippen LogP contribution in [0.4, 0.5) is 0 Å². The van der Waals surface area contributed by atoms with Gasteiger partial charge < -0.3 is 24.6 Å². The molecule has 0 saturated heterocycles. The van der Waals surface area contributed by atoms with Gasteiger partial charge in [-0.1, -0.05) is 98.5 Å². The molecule has 7 nitrogen and oxygen atoms in total. The third-order valence-electron chi connectivity index (χ3n) is 13.8. The maximum absolute atomic E-state index is 14.7. The van der Waals surface area contributed by atoms with Crippen molar-refractivity contribution in [2.24, 2.45) is 11.3 Å². The predicted octanol–water partition coefficient (Wildman–Crippen LogP) is 9.93. The molecule has 2 fully saturated rings. The standard InChI is InChI=1S/C50H61NO6/c1-34-12-11-26-49(2)44(42-23-20-35(28-40(52)22-19-34)29-43(42)48(54)38-14-6-5-7-15-38)25-27-50(49,55)33-51(32-39-17-10-16-37-13-8-9-18-41(37)39)47(53)31-36-21-24-45(56-3)46(30-36)57-4/h8-10,12-13,16-18,20-21,23-24,29-30,38,40,44,52,55H,5-7,11,14-15,19,22,25-28,31-33H2,1-4H3. The first kappa shape index (κ1) is 40.7. The summed E-state index contributed by atoms with van der Waals surface area (Å²) in [6.45, 7) is 4.85. The molecule has 4 atom stereocenters. The molecule has 0 spiro atoms. The van der Waals surface area contributed by atoms with E-state index >= 15 is 0 Å². The quantitative estimate of drug-likeness (QED) is 0.123. The number of hydrogen-bond donors (Lipinski definition) is 2. The number of aliphatic hydroxyl groups excluding tert-OH is 1. The second kappa shape index (κ2) is 17.6. The highest BCUT2D eigenvalue weighted by Gasteiger charge is 2.57. The van der Waals surface area contributed by atoms with Gasteiger partial charge in [0.05, 0.1) is 38.9 Å². The number of amides is 1. The van der Waals surface area contributed by atoms with E-state index in [9.17, 15) is 19.8 Å². The third kappa shape index (κ3) is 8.71. The van der Waals surface area contributed by atoms with E-state index in [1.807, 2.05) is 41.3 Å². The number of allylic oxidation sites excluding steroid dienone is 2. The summed E-state index contributed by atoms with van der Waals surface area (Å²) in [5, 5.41) is 26.6. The Hall–Kier alpha value is -4.46. The number of methoxy groups -OCH3 is 2. The lowest BCUT2D eigenvalue weighted by molar-refractivity contribution is -0.140. The topological polar surface area (TPSA) is 96.3 Å². The van der Waals surface area contributed by atoms with Crippen molar-refractivity contribution in [3.63, 3.8) is 0 Å². The molecule has 302 valence electrons. The smallest absolute Gasteiger partial charge is 0.227 e. The van der Waals surface area contributed by atoms with Gasteiger partial charge in [0.2, 0.25) is 5.91 Å². The van der Waals surface area contributed by atoms with Crippen LogP contribution in [0.15, 0.2) is 90.5 Å². The van der Waals surface area contributed by atoms with E-state index in [2.05, 4.69) is 62.4 Å². The molecular weight excluding hydrogens is 711 g/mol. The maximum atomic E-state index is 14.7. The van der Waals surface area contributed by atoms with Crippen molar-refractivity contribution in [2.75, 3.05) is 20.8 Å². The number of carbonyl (C=O) groups excluding carboxylic acids is 2. The average molecular weight is 772 g/mol. The summed E-state index contributed by atoms with van der Waals surface area (Å²) in [6, 6.07) is 26.3. The molecule has 4 aliphatic carbocycles. The van der Waals surface area contributed by atoms with Crippen molar-refractivity contribution < 1.29 is 29.3 Å². The molecule has 4 aromatic rings. The first-order chi connectivity index (χ1) is 27.5. The zero-order valence-corrected chi connectivity index (χ0v) is 34.4. The summed E-state index contributed by atoms with van der Waals surface area (Å²) in [7, 11) is 3.19. The second-order valence-electron chi connectivity index (χ2n) is 17.4. The number of ketones is 1. The Morgan fingerprint density at radius 1 is 0.860 bits per heavy atom. The van der Waals surface area contributed by atoms with Crippen LogP contribution in [-0.4, -0.2) is 59.3 Å². The summed E-state index contributed by atoms with van der Waals surface area (Å²) < 4.78 is 11.1. The lowest BCUT2D eigenvalue weighted by Crippen LogP contribution is -2.53. The molecule has 57 heavy (non-hydrogen) atoms. The fourth-order valence-corrected chi connectivity index (χ4v) is 10.3. The van der Waals surface area contributed by atoms with E-state index in [0.717, 1.165) is 77.1 Å². The number of fused-ring (bicyclic) bond motifs is 9. The minimum Gasteiger partial charge on any atom is -0.493 e. The summed E-state index contributed by atoms with van der Waals surface area (Å²) in [4.78, 5) is 31.2. The fraction of sp³-hybridized carbons (Fsp3) is 0.480. The molecule has 0 radical (unpaired) electrons. The number of benzene rings is 4. The van der Waals surface area contributed by atoms with Gasteiger partial charge in [-0.2, -0.15) is 0 Å². The third-order valence-corrected chi connectivity index (χ3v) is 13.8. The zero-order valence-electron chi connectivity index (χ0n) is 34.4. The van der Waals surface area contributed by atoms with Crippen LogP contribution >= 0.6 is 0 Å². The van der Waals surface area contributed by atoms with Crippen molar-refractivity contribution >= 4 is 22.5 Å². The van der Waals surface area contributed by atoms with Gasteiger partial charge in [-0.25, -0.2) is 0 Å². The van der Waals surface area contributed by atoms with Gasteiger partial charge in [-0.05, 0) is 122 Å². The Morgan fingerprint density at radius 3 is 2.42 bits per heavy atom. The molecule has 1 amide bonds. The van der Waals surface area contributed by atoms with Gasteiger partial charge in [-0.15, -0.1) is 0 Å². The van der Waals surface area contributed by atoms with Crippen LogP contribution in [0.3, 0.4) is 0 Å². The van der Waals surface area contributed by atoms with E-state index in [-0.39, 0.29) is 36.5 Å². The highest BCUT2D eigenvalue weighted by atomic mass is 16.5. The summed E-state index contributed by atoms with van der Waals surface area (Å²) in [5.74, 6) is 1.20. The molecule has 0 heterocycles. The molecule has 2 saturated carbocycles. The minimum atomic E-state index is -1.24. The number of hydrogen-bond acceptors (Lipinski definition) is 6. The van der Waals surface area contributed by atoms with Crippen LogP contribution in [-0.2, 0) is 24.2 Å². The van der Waals surface area contributed by atoms with Crippen LogP contribution in [0.2, 0.25) is 0 Å². The molecule has 7 heteroatoms. The summed E-state index contributed by atoms with van der Waals surface area (Å²) >= 11 is 0. The van der Waals surface area contributed by atoms with E-state index in [1.165, 1.54) is 12.0 Å². The van der Waals surface area contributed by atoms with Crippen molar-refractivity contribution in [1.82, 2.24) is 4.90 Å². The van der Waals surface area contributed by atoms with E-state index in [4.69, 9.17) is 9.47 Å². The van der Waals surface area contributed by atoms with Crippen molar-refractivity contribution in [3.8, 4) is 11.5 Å². The molecule has 4 aromatic carbocycles. The van der Waals surface area contributed by atoms with E-state index in [1.54, 1.807) is 14.2 Å². The lowest BCUT2D eigenvalue weighted by Gasteiger charge is -2.46. The molecule has 4 aliphatic rings. The zero-order chi connectivity index (χ0) is 40.2. The normalized spacial score (nSPS) is 24.4. The summed E-state index contributed by atoms with van der Waals surface area (Å²) in [5.41, 5.74) is 3.94. The Morgan fingerprint density at radius 2 is 1.63 bits per heavy atom. The number of aliphatic hydroxyl groups is 2. The first-order valence-corrected chi connectivity index (χ1v) is 21.2.